The van der Waals surface area contributed by atoms with Crippen molar-refractivity contribution < 1.29 is 14.1 Å². The number of methoxy groups -OCH3 is 1. The van der Waals surface area contributed by atoms with Gasteiger partial charge in [-0.3, -0.25) is 9.78 Å². The summed E-state index contributed by atoms with van der Waals surface area (Å²) in [5, 5.41) is 6.87. The Hall–Kier alpha value is -3.22. The second kappa shape index (κ2) is 6.91. The molecule has 3 aromatic rings. The first-order valence-electron chi connectivity index (χ1n) is 7.33. The highest BCUT2D eigenvalue weighted by atomic mass is 16.5. The first-order valence-corrected chi connectivity index (χ1v) is 7.33. The van der Waals surface area contributed by atoms with Gasteiger partial charge >= 0.3 is 0 Å². The number of hydrogen-bond acceptors (Lipinski definition) is 6. The van der Waals surface area contributed by atoms with Crippen LogP contribution in [0.5, 0.6) is 5.75 Å². The molecule has 1 N–H and O–H groups in total. The molecule has 0 aliphatic carbocycles. The highest BCUT2D eigenvalue weighted by molar-refractivity contribution is 5.94. The van der Waals surface area contributed by atoms with E-state index in [-0.39, 0.29) is 5.91 Å². The van der Waals surface area contributed by atoms with Gasteiger partial charge in [0.05, 0.1) is 7.11 Å². The Morgan fingerprint density at radius 3 is 2.62 bits per heavy atom. The number of aryl methyl sites for hydroxylation is 1. The molecule has 1 aromatic carbocycles. The van der Waals surface area contributed by atoms with E-state index in [4.69, 9.17) is 9.26 Å². The fraction of sp³-hybridized carbons (Fsp3) is 0.176. The van der Waals surface area contributed by atoms with Gasteiger partial charge in [-0.2, -0.15) is 4.98 Å². The van der Waals surface area contributed by atoms with Crippen LogP contribution in [0.15, 0.2) is 53.3 Å². The van der Waals surface area contributed by atoms with Gasteiger partial charge in [0.15, 0.2) is 5.82 Å². The van der Waals surface area contributed by atoms with Gasteiger partial charge in [0.25, 0.3) is 5.91 Å². The summed E-state index contributed by atoms with van der Waals surface area (Å²) in [6.45, 7) is 1.69. The van der Waals surface area contributed by atoms with Crippen molar-refractivity contribution >= 4 is 5.91 Å². The zero-order valence-corrected chi connectivity index (χ0v) is 13.3. The maximum absolute atomic E-state index is 12.5. The number of aromatic nitrogens is 3. The minimum Gasteiger partial charge on any atom is -0.496 e. The molecular formula is C17H16N4O3. The van der Waals surface area contributed by atoms with Crippen molar-refractivity contribution in [2.45, 2.75) is 13.0 Å². The first-order chi connectivity index (χ1) is 11.7. The van der Waals surface area contributed by atoms with Gasteiger partial charge in [0, 0.05) is 30.4 Å². The van der Waals surface area contributed by atoms with E-state index < -0.39 is 6.04 Å². The summed E-state index contributed by atoms with van der Waals surface area (Å²) in [5.74, 6) is 1.14. The molecule has 1 amide bonds. The molecule has 2 aromatic heterocycles. The molecule has 0 saturated carbocycles. The van der Waals surface area contributed by atoms with Crippen molar-refractivity contribution in [3.05, 3.63) is 71.6 Å². The van der Waals surface area contributed by atoms with Crippen LogP contribution in [0.4, 0.5) is 0 Å². The van der Waals surface area contributed by atoms with Gasteiger partial charge in [-0.1, -0.05) is 23.4 Å². The van der Waals surface area contributed by atoms with Crippen molar-refractivity contribution in [2.24, 2.45) is 0 Å². The van der Waals surface area contributed by atoms with E-state index in [2.05, 4.69) is 20.4 Å². The minimum atomic E-state index is -0.598. The second-order valence-electron chi connectivity index (χ2n) is 5.06. The number of carbonyl (C=O) groups is 1. The van der Waals surface area contributed by atoms with Crippen LogP contribution in [-0.2, 0) is 0 Å². The maximum Gasteiger partial charge on any atom is 0.252 e. The molecule has 0 saturated heterocycles. The van der Waals surface area contributed by atoms with E-state index in [9.17, 15) is 4.79 Å². The van der Waals surface area contributed by atoms with E-state index in [1.54, 1.807) is 38.6 Å². The quantitative estimate of drug-likeness (QED) is 0.774. The van der Waals surface area contributed by atoms with Crippen molar-refractivity contribution in [1.82, 2.24) is 20.4 Å². The van der Waals surface area contributed by atoms with Crippen LogP contribution in [0, 0.1) is 6.92 Å². The number of carbonyl (C=O) groups excluding carboxylic acids is 1. The smallest absolute Gasteiger partial charge is 0.252 e. The number of hydrogen-bond donors (Lipinski definition) is 1. The minimum absolute atomic E-state index is 0.268. The third-order valence-electron chi connectivity index (χ3n) is 3.47. The van der Waals surface area contributed by atoms with Crippen molar-refractivity contribution in [3.8, 4) is 5.75 Å². The summed E-state index contributed by atoms with van der Waals surface area (Å²) in [4.78, 5) is 20.7. The average molecular weight is 324 g/mol. The molecule has 0 aliphatic rings. The fourth-order valence-corrected chi connectivity index (χ4v) is 2.34. The Morgan fingerprint density at radius 2 is 1.96 bits per heavy atom. The number of nitrogens with one attached hydrogen (secondary N) is 1. The molecule has 0 aliphatic heterocycles. The fourth-order valence-electron chi connectivity index (χ4n) is 2.34. The second-order valence-corrected chi connectivity index (χ2v) is 5.06. The number of rotatable bonds is 5. The van der Waals surface area contributed by atoms with Crippen LogP contribution in [0.25, 0.3) is 0 Å². The van der Waals surface area contributed by atoms with E-state index in [1.807, 2.05) is 24.3 Å². The van der Waals surface area contributed by atoms with Crippen LogP contribution in [0.2, 0.25) is 0 Å². The molecule has 2 heterocycles. The van der Waals surface area contributed by atoms with Crippen molar-refractivity contribution in [3.63, 3.8) is 0 Å². The molecule has 0 bridgehead atoms. The number of nitrogens with zero attached hydrogens (tertiary/aromatic N) is 3. The van der Waals surface area contributed by atoms with E-state index in [1.165, 1.54) is 0 Å². The number of amides is 1. The van der Waals surface area contributed by atoms with Gasteiger partial charge in [-0.15, -0.1) is 0 Å². The molecule has 0 radical (unpaired) electrons. The Morgan fingerprint density at radius 1 is 1.21 bits per heavy atom. The Kier molecular flexibility index (Phi) is 4.51. The van der Waals surface area contributed by atoms with Crippen molar-refractivity contribution in [1.29, 1.82) is 0 Å². The third kappa shape index (κ3) is 3.24. The van der Waals surface area contributed by atoms with Crippen LogP contribution < -0.4 is 10.1 Å². The van der Waals surface area contributed by atoms with Gasteiger partial charge in [0.1, 0.15) is 11.8 Å². The van der Waals surface area contributed by atoms with Gasteiger partial charge in [-0.05, 0) is 18.2 Å². The monoisotopic (exact) mass is 324 g/mol. The highest BCUT2D eigenvalue weighted by Gasteiger charge is 2.25. The highest BCUT2D eigenvalue weighted by Crippen LogP contribution is 2.28. The lowest BCUT2D eigenvalue weighted by molar-refractivity contribution is 0.0940. The largest absolute Gasteiger partial charge is 0.496 e. The zero-order chi connectivity index (χ0) is 16.9. The molecule has 1 atom stereocenters. The molecule has 0 spiro atoms. The molecule has 0 unspecified atom stereocenters. The van der Waals surface area contributed by atoms with Crippen LogP contribution in [0.1, 0.15) is 33.7 Å². The van der Waals surface area contributed by atoms with Crippen LogP contribution in [0.3, 0.4) is 0 Å². The number of benzene rings is 1. The summed E-state index contributed by atoms with van der Waals surface area (Å²) in [5.41, 5.74) is 1.23. The lowest BCUT2D eigenvalue weighted by Gasteiger charge is -2.18. The molecule has 3 rings (SSSR count). The first kappa shape index (κ1) is 15.7. The molecule has 24 heavy (non-hydrogen) atoms. The van der Waals surface area contributed by atoms with Gasteiger partial charge in [-0.25, -0.2) is 0 Å². The Labute approximate surface area is 138 Å². The van der Waals surface area contributed by atoms with E-state index >= 15 is 0 Å². The lowest BCUT2D eigenvalue weighted by atomic mass is 10.0. The van der Waals surface area contributed by atoms with Gasteiger partial charge in [0.2, 0.25) is 5.89 Å². The van der Waals surface area contributed by atoms with E-state index in [0.717, 1.165) is 5.56 Å². The van der Waals surface area contributed by atoms with Crippen molar-refractivity contribution in [2.75, 3.05) is 7.11 Å². The maximum atomic E-state index is 12.5. The summed E-state index contributed by atoms with van der Waals surface area (Å²) < 4.78 is 10.5. The Balaban J connectivity index is 1.98. The standard InChI is InChI=1S/C17H16N4O3/c1-11-19-16(21-24-11)15(13-5-3-4-6-14(13)23-2)20-17(22)12-7-9-18-10-8-12/h3-10,15H,1-2H3,(H,20,22)/t15-/m1/s1. The zero-order valence-electron chi connectivity index (χ0n) is 13.3. The SMILES string of the molecule is COc1ccccc1[C@@H](NC(=O)c1ccncc1)c1noc(C)n1. The predicted molar refractivity (Wildman–Crippen MR) is 85.6 cm³/mol. The number of para-hydroxylation sites is 1. The summed E-state index contributed by atoms with van der Waals surface area (Å²) in [6.07, 6.45) is 3.12. The average Bonchev–Trinajstić information content (AvgIpc) is 3.06. The molecule has 7 nitrogen and oxygen atoms in total. The molecule has 7 heteroatoms. The Bertz CT molecular complexity index is 833. The van der Waals surface area contributed by atoms with Crippen LogP contribution >= 0.6 is 0 Å². The summed E-state index contributed by atoms with van der Waals surface area (Å²) in [7, 11) is 1.57. The topological polar surface area (TPSA) is 90.1 Å². The number of ether oxygens (including phenoxy) is 1. The van der Waals surface area contributed by atoms with Crippen LogP contribution in [-0.4, -0.2) is 28.1 Å². The summed E-state index contributed by atoms with van der Waals surface area (Å²) >= 11 is 0. The molecule has 0 fully saturated rings. The normalized spacial score (nSPS) is 11.8. The molecular weight excluding hydrogens is 308 g/mol. The van der Waals surface area contributed by atoms with Gasteiger partial charge < -0.3 is 14.6 Å². The van der Waals surface area contributed by atoms with E-state index in [0.29, 0.717) is 23.0 Å². The summed E-state index contributed by atoms with van der Waals surface area (Å²) in [6, 6.07) is 10.0. The third-order valence-corrected chi connectivity index (χ3v) is 3.47. The number of pyridine rings is 1. The predicted octanol–water partition coefficient (Wildman–Crippen LogP) is 2.30. The lowest BCUT2D eigenvalue weighted by Crippen LogP contribution is -2.30. The molecule has 122 valence electrons.